The van der Waals surface area contributed by atoms with Crippen molar-refractivity contribution in [3.8, 4) is 23.0 Å². The molecule has 0 saturated heterocycles. The Balaban J connectivity index is 1.40. The van der Waals surface area contributed by atoms with Gasteiger partial charge < -0.3 is 23.7 Å². The maximum Gasteiger partial charge on any atom is 0.338 e. The normalized spacial score (nSPS) is 14.4. The molecule has 0 aliphatic carbocycles. The van der Waals surface area contributed by atoms with Crippen LogP contribution >= 0.6 is 27.3 Å². The number of carbonyl (C=O) groups excluding carboxylic acids is 1. The van der Waals surface area contributed by atoms with Crippen LogP contribution in [0.25, 0.3) is 16.8 Å². The third-order valence-corrected chi connectivity index (χ3v) is 9.73. The SMILES string of the molecule is CCOC(=O)C1=C(C)N=c2s/c(=C\c3ccc(OCc4cccc5ccccc45)c(OC)c3)c(=O)n2[C@H]1c1cc(OC)c(OC)cc1Br. The van der Waals surface area contributed by atoms with E-state index < -0.39 is 12.0 Å². The lowest BCUT2D eigenvalue weighted by Crippen LogP contribution is -2.40. The van der Waals surface area contributed by atoms with Crippen molar-refractivity contribution in [2.24, 2.45) is 4.99 Å². The van der Waals surface area contributed by atoms with Crippen LogP contribution in [0.15, 0.2) is 98.3 Å². The summed E-state index contributed by atoms with van der Waals surface area (Å²) >= 11 is 4.87. The Morgan fingerprint density at radius 1 is 0.938 bits per heavy atom. The first-order chi connectivity index (χ1) is 23.3. The molecule has 1 aliphatic rings. The van der Waals surface area contributed by atoms with Crippen molar-refractivity contribution < 1.29 is 28.5 Å². The number of hydrogen-bond donors (Lipinski definition) is 0. The molecule has 0 spiro atoms. The first kappa shape index (κ1) is 33.0. The van der Waals surface area contributed by atoms with Crippen molar-refractivity contribution in [2.75, 3.05) is 27.9 Å². The van der Waals surface area contributed by atoms with Gasteiger partial charge in [0.1, 0.15) is 6.61 Å². The highest BCUT2D eigenvalue weighted by atomic mass is 79.9. The largest absolute Gasteiger partial charge is 0.493 e. The van der Waals surface area contributed by atoms with Gasteiger partial charge in [-0.15, -0.1) is 0 Å². The Morgan fingerprint density at radius 2 is 1.65 bits per heavy atom. The molecule has 1 atom stereocenters. The van der Waals surface area contributed by atoms with Crippen LogP contribution in [0.5, 0.6) is 23.0 Å². The van der Waals surface area contributed by atoms with Gasteiger partial charge in [-0.1, -0.05) is 75.8 Å². The van der Waals surface area contributed by atoms with Crippen LogP contribution in [0.1, 0.15) is 36.6 Å². The van der Waals surface area contributed by atoms with Crippen LogP contribution in [0.2, 0.25) is 0 Å². The van der Waals surface area contributed by atoms with Crippen LogP contribution in [-0.4, -0.2) is 38.5 Å². The highest BCUT2D eigenvalue weighted by Crippen LogP contribution is 2.41. The lowest BCUT2D eigenvalue weighted by molar-refractivity contribution is -0.139. The number of benzene rings is 4. The van der Waals surface area contributed by atoms with Gasteiger partial charge in [0.05, 0.1) is 49.8 Å². The number of aromatic nitrogens is 1. The molecule has 0 saturated carbocycles. The summed E-state index contributed by atoms with van der Waals surface area (Å²) in [6.07, 6.45) is 1.78. The molecule has 0 bridgehead atoms. The molecule has 6 rings (SSSR count). The number of fused-ring (bicyclic) bond motifs is 2. The Labute approximate surface area is 289 Å². The molecule has 1 aromatic heterocycles. The summed E-state index contributed by atoms with van der Waals surface area (Å²) in [5.41, 5.74) is 2.83. The third kappa shape index (κ3) is 6.23. The number of esters is 1. The highest BCUT2D eigenvalue weighted by Gasteiger charge is 2.35. The summed E-state index contributed by atoms with van der Waals surface area (Å²) in [6, 6.07) is 22.5. The minimum Gasteiger partial charge on any atom is -0.493 e. The second-order valence-electron chi connectivity index (χ2n) is 10.9. The Kier molecular flexibility index (Phi) is 9.70. The lowest BCUT2D eigenvalue weighted by Gasteiger charge is -2.26. The van der Waals surface area contributed by atoms with Crippen molar-refractivity contribution in [3.63, 3.8) is 0 Å². The fraction of sp³-hybridized carbons (Fsp3) is 0.216. The molecule has 1 aliphatic heterocycles. The van der Waals surface area contributed by atoms with E-state index in [4.69, 9.17) is 23.7 Å². The van der Waals surface area contributed by atoms with Gasteiger partial charge >= 0.3 is 5.97 Å². The van der Waals surface area contributed by atoms with E-state index in [1.54, 1.807) is 46.3 Å². The van der Waals surface area contributed by atoms with Gasteiger partial charge in [0.15, 0.2) is 27.8 Å². The third-order valence-electron chi connectivity index (χ3n) is 8.06. The van der Waals surface area contributed by atoms with Crippen molar-refractivity contribution >= 4 is 50.1 Å². The predicted octanol–water partition coefficient (Wildman–Crippen LogP) is 6.32. The van der Waals surface area contributed by atoms with E-state index in [1.165, 1.54) is 23.0 Å². The Morgan fingerprint density at radius 3 is 2.40 bits per heavy atom. The summed E-state index contributed by atoms with van der Waals surface area (Å²) in [5.74, 6) is 1.51. The molecule has 0 radical (unpaired) electrons. The van der Waals surface area contributed by atoms with E-state index in [-0.39, 0.29) is 17.7 Å². The zero-order valence-corrected chi connectivity index (χ0v) is 29.4. The number of allylic oxidation sites excluding steroid dienone is 1. The molecule has 0 amide bonds. The number of ether oxygens (including phenoxy) is 5. The van der Waals surface area contributed by atoms with Gasteiger partial charge in [-0.25, -0.2) is 9.79 Å². The number of hydrogen-bond acceptors (Lipinski definition) is 9. The monoisotopic (exact) mass is 728 g/mol. The van der Waals surface area contributed by atoms with Gasteiger partial charge in [0.2, 0.25) is 0 Å². The van der Waals surface area contributed by atoms with E-state index in [9.17, 15) is 9.59 Å². The number of nitrogens with zero attached hydrogens (tertiary/aromatic N) is 2. The number of rotatable bonds is 10. The molecule has 48 heavy (non-hydrogen) atoms. The van der Waals surface area contributed by atoms with Crippen LogP contribution in [-0.2, 0) is 16.1 Å². The number of carbonyl (C=O) groups is 1. The van der Waals surface area contributed by atoms with Gasteiger partial charge in [0.25, 0.3) is 5.56 Å². The fourth-order valence-electron chi connectivity index (χ4n) is 5.78. The van der Waals surface area contributed by atoms with Crippen molar-refractivity contribution in [3.05, 3.63) is 125 Å². The summed E-state index contributed by atoms with van der Waals surface area (Å²) < 4.78 is 31.0. The first-order valence-corrected chi connectivity index (χ1v) is 16.8. The minimum absolute atomic E-state index is 0.170. The maximum atomic E-state index is 14.2. The molecule has 0 unspecified atom stereocenters. The molecule has 0 N–H and O–H groups in total. The predicted molar refractivity (Wildman–Crippen MR) is 189 cm³/mol. The molecular formula is C37H33BrN2O7S. The summed E-state index contributed by atoms with van der Waals surface area (Å²) in [7, 11) is 4.65. The fourth-order valence-corrected chi connectivity index (χ4v) is 7.37. The molecule has 5 aromatic rings. The molecule has 246 valence electrons. The van der Waals surface area contributed by atoms with E-state index in [0.29, 0.717) is 54.7 Å². The average Bonchev–Trinajstić information content (AvgIpc) is 3.40. The Bertz CT molecular complexity index is 2250. The van der Waals surface area contributed by atoms with Crippen molar-refractivity contribution in [2.45, 2.75) is 26.5 Å². The summed E-state index contributed by atoms with van der Waals surface area (Å²) in [5, 5.41) is 2.28. The molecule has 4 aromatic carbocycles. The quantitative estimate of drug-likeness (QED) is 0.155. The van der Waals surface area contributed by atoms with Crippen molar-refractivity contribution in [1.82, 2.24) is 4.57 Å². The average molecular weight is 730 g/mol. The smallest absolute Gasteiger partial charge is 0.338 e. The molecule has 11 heteroatoms. The van der Waals surface area contributed by atoms with Gasteiger partial charge in [-0.05, 0) is 71.7 Å². The summed E-state index contributed by atoms with van der Waals surface area (Å²) in [6.45, 7) is 4.01. The lowest BCUT2D eigenvalue weighted by atomic mass is 9.95. The van der Waals surface area contributed by atoms with Crippen LogP contribution in [0.3, 0.4) is 0 Å². The second-order valence-corrected chi connectivity index (χ2v) is 12.7. The number of methoxy groups -OCH3 is 3. The minimum atomic E-state index is -0.837. The van der Waals surface area contributed by atoms with Crippen LogP contribution in [0.4, 0.5) is 0 Å². The van der Waals surface area contributed by atoms with E-state index in [1.807, 2.05) is 42.5 Å². The van der Waals surface area contributed by atoms with Crippen molar-refractivity contribution in [1.29, 1.82) is 0 Å². The maximum absolute atomic E-state index is 14.2. The number of thiazole rings is 1. The zero-order valence-electron chi connectivity index (χ0n) is 27.0. The molecule has 2 heterocycles. The highest BCUT2D eigenvalue weighted by molar-refractivity contribution is 9.10. The second kappa shape index (κ2) is 14.1. The van der Waals surface area contributed by atoms with Gasteiger partial charge in [0, 0.05) is 4.47 Å². The standard InChI is InChI=1S/C37H33BrN2O7S/c1-6-46-36(42)33-21(2)39-37-40(34(33)26-18-30(44-4)31(45-5)19-27(26)38)35(41)32(48-37)17-22-14-15-28(29(16-22)43-3)47-20-24-12-9-11-23-10-7-8-13-25(23)24/h7-19,34H,6,20H2,1-5H3/b32-17-/t34-/m0/s1. The first-order valence-electron chi connectivity index (χ1n) is 15.2. The van der Waals surface area contributed by atoms with Gasteiger partial charge in [-0.2, -0.15) is 0 Å². The van der Waals surface area contributed by atoms with Crippen LogP contribution < -0.4 is 33.8 Å². The summed E-state index contributed by atoms with van der Waals surface area (Å²) in [4.78, 5) is 32.7. The molecule has 9 nitrogen and oxygen atoms in total. The molecule has 0 fully saturated rings. The van der Waals surface area contributed by atoms with E-state index in [2.05, 4.69) is 39.1 Å². The zero-order chi connectivity index (χ0) is 33.9. The van der Waals surface area contributed by atoms with E-state index >= 15 is 0 Å². The molecular weight excluding hydrogens is 696 g/mol. The Hall–Kier alpha value is -4.87. The topological polar surface area (TPSA) is 97.6 Å². The van der Waals surface area contributed by atoms with E-state index in [0.717, 1.165) is 21.9 Å². The number of halogens is 1. The van der Waals surface area contributed by atoms with Gasteiger partial charge in [-0.3, -0.25) is 9.36 Å². The van der Waals surface area contributed by atoms with Crippen LogP contribution in [0, 0.1) is 0 Å².